The van der Waals surface area contributed by atoms with Crippen LogP contribution in [0.5, 0.6) is 0 Å². The van der Waals surface area contributed by atoms with Crippen LogP contribution in [0.3, 0.4) is 0 Å². The molecule has 0 bridgehead atoms. The summed E-state index contributed by atoms with van der Waals surface area (Å²) in [6.07, 6.45) is 3.48. The monoisotopic (exact) mass is 347 g/mol. The Morgan fingerprint density at radius 2 is 2.14 bits per heavy atom. The highest BCUT2D eigenvalue weighted by Crippen LogP contribution is 2.31. The summed E-state index contributed by atoms with van der Waals surface area (Å²) in [5.41, 5.74) is 1.30. The zero-order valence-electron chi connectivity index (χ0n) is 11.9. The highest BCUT2D eigenvalue weighted by atomic mass is 79.9. The molecular weight excluding hydrogens is 330 g/mol. The summed E-state index contributed by atoms with van der Waals surface area (Å²) in [5.74, 6) is 0.0845. The van der Waals surface area contributed by atoms with E-state index in [2.05, 4.69) is 31.5 Å². The van der Waals surface area contributed by atoms with E-state index in [4.69, 9.17) is 0 Å². The lowest BCUT2D eigenvalue weighted by Crippen LogP contribution is -2.42. The Hall–Kier alpha value is -1.46. The highest BCUT2D eigenvalue weighted by molar-refractivity contribution is 9.10. The average molecular weight is 348 g/mol. The lowest BCUT2D eigenvalue weighted by atomic mass is 9.80. The topological polar surface area (TPSA) is 54.0 Å². The molecule has 4 nitrogen and oxygen atoms in total. The van der Waals surface area contributed by atoms with Crippen LogP contribution in [0.15, 0.2) is 34.9 Å². The fraction of sp³-hybridized carbons (Fsp3) is 0.375. The molecule has 1 aliphatic heterocycles. The number of piperidine rings is 1. The zero-order valence-corrected chi connectivity index (χ0v) is 13.5. The maximum absolute atomic E-state index is 12.6. The Morgan fingerprint density at radius 1 is 1.38 bits per heavy atom. The van der Waals surface area contributed by atoms with Gasteiger partial charge < -0.3 is 10.6 Å². The fourth-order valence-corrected chi connectivity index (χ4v) is 3.06. The largest absolute Gasteiger partial charge is 0.324 e. The van der Waals surface area contributed by atoms with E-state index < -0.39 is 0 Å². The van der Waals surface area contributed by atoms with Crippen LogP contribution < -0.4 is 10.6 Å². The summed E-state index contributed by atoms with van der Waals surface area (Å²) >= 11 is 3.42. The summed E-state index contributed by atoms with van der Waals surface area (Å²) in [6, 6.07) is 7.85. The number of nitrogens with one attached hydrogen (secondary N) is 2. The molecule has 0 radical (unpaired) electrons. The molecule has 1 amide bonds. The van der Waals surface area contributed by atoms with E-state index in [1.807, 2.05) is 31.2 Å². The Kier molecular flexibility index (Phi) is 3.95. The lowest BCUT2D eigenvalue weighted by molar-refractivity contribution is -0.126. The van der Waals surface area contributed by atoms with Gasteiger partial charge in [-0.3, -0.25) is 9.78 Å². The highest BCUT2D eigenvalue weighted by Gasteiger charge is 2.34. The third kappa shape index (κ3) is 2.94. The van der Waals surface area contributed by atoms with Gasteiger partial charge in [-0.1, -0.05) is 19.1 Å². The van der Waals surface area contributed by atoms with E-state index in [1.54, 1.807) is 6.20 Å². The molecule has 0 atom stereocenters. The van der Waals surface area contributed by atoms with Crippen molar-refractivity contribution in [2.45, 2.75) is 19.8 Å². The quantitative estimate of drug-likeness (QED) is 0.875. The predicted octanol–water partition coefficient (Wildman–Crippen LogP) is 3.33. The number of carbonyl (C=O) groups excluding carboxylic acids is 1. The zero-order chi connectivity index (χ0) is 14.9. The average Bonchev–Trinajstić information content (AvgIpc) is 2.48. The molecule has 1 aromatic heterocycles. The second-order valence-electron chi connectivity index (χ2n) is 5.80. The number of nitrogens with zero attached hydrogens (tertiary/aromatic N) is 1. The van der Waals surface area contributed by atoms with Crippen molar-refractivity contribution in [3.05, 3.63) is 34.9 Å². The molecule has 1 aromatic carbocycles. The van der Waals surface area contributed by atoms with Crippen molar-refractivity contribution in [2.75, 3.05) is 18.4 Å². The van der Waals surface area contributed by atoms with Gasteiger partial charge in [0.25, 0.3) is 0 Å². The van der Waals surface area contributed by atoms with Gasteiger partial charge in [0, 0.05) is 21.5 Å². The number of benzene rings is 1. The van der Waals surface area contributed by atoms with Gasteiger partial charge in [0.2, 0.25) is 5.91 Å². The number of hydrogen-bond acceptors (Lipinski definition) is 3. The summed E-state index contributed by atoms with van der Waals surface area (Å²) in [5, 5.41) is 7.38. The molecule has 3 rings (SSSR count). The first-order valence-electron chi connectivity index (χ1n) is 7.15. The van der Waals surface area contributed by atoms with Gasteiger partial charge in [-0.15, -0.1) is 0 Å². The van der Waals surface area contributed by atoms with Crippen molar-refractivity contribution in [2.24, 2.45) is 5.41 Å². The Bertz CT molecular complexity index is 680. The van der Waals surface area contributed by atoms with E-state index in [0.717, 1.165) is 47.0 Å². The molecule has 21 heavy (non-hydrogen) atoms. The van der Waals surface area contributed by atoms with Crippen LogP contribution in [0.25, 0.3) is 10.9 Å². The van der Waals surface area contributed by atoms with Crippen molar-refractivity contribution in [3.8, 4) is 0 Å². The summed E-state index contributed by atoms with van der Waals surface area (Å²) in [4.78, 5) is 17.1. The molecular formula is C16H18BrN3O. The second kappa shape index (κ2) is 5.73. The van der Waals surface area contributed by atoms with Crippen molar-refractivity contribution in [1.29, 1.82) is 0 Å². The number of carbonyl (C=O) groups is 1. The third-order valence-electron chi connectivity index (χ3n) is 4.18. The minimum absolute atomic E-state index is 0.0845. The normalized spacial score (nSPS) is 17.6. The van der Waals surface area contributed by atoms with Gasteiger partial charge in [-0.05, 0) is 54.0 Å². The van der Waals surface area contributed by atoms with Gasteiger partial charge in [-0.2, -0.15) is 0 Å². The van der Waals surface area contributed by atoms with Crippen molar-refractivity contribution in [1.82, 2.24) is 10.3 Å². The Balaban J connectivity index is 1.89. The van der Waals surface area contributed by atoms with E-state index >= 15 is 0 Å². The third-order valence-corrected chi connectivity index (χ3v) is 4.61. The van der Waals surface area contributed by atoms with E-state index in [1.165, 1.54) is 0 Å². The Labute approximate surface area is 132 Å². The van der Waals surface area contributed by atoms with Crippen molar-refractivity contribution in [3.63, 3.8) is 0 Å². The van der Waals surface area contributed by atoms with Crippen LogP contribution in [0.1, 0.15) is 19.8 Å². The molecule has 2 aromatic rings. The summed E-state index contributed by atoms with van der Waals surface area (Å²) in [7, 11) is 0. The van der Waals surface area contributed by atoms with Crippen molar-refractivity contribution >= 4 is 38.4 Å². The Morgan fingerprint density at radius 3 is 2.90 bits per heavy atom. The predicted molar refractivity (Wildman–Crippen MR) is 88.3 cm³/mol. The number of hydrogen-bond donors (Lipinski definition) is 2. The SMILES string of the molecule is CC1(C(=O)Nc2cccc3cc(Br)cnc23)CCNCC1. The van der Waals surface area contributed by atoms with Crippen LogP contribution >= 0.6 is 15.9 Å². The molecule has 1 aliphatic rings. The van der Waals surface area contributed by atoms with Gasteiger partial charge in [0.15, 0.2) is 0 Å². The minimum Gasteiger partial charge on any atom is -0.324 e. The van der Waals surface area contributed by atoms with Crippen LogP contribution in [0.4, 0.5) is 5.69 Å². The minimum atomic E-state index is -0.303. The first-order valence-corrected chi connectivity index (χ1v) is 7.94. The molecule has 1 saturated heterocycles. The van der Waals surface area contributed by atoms with Crippen LogP contribution in [0.2, 0.25) is 0 Å². The number of anilines is 1. The van der Waals surface area contributed by atoms with Gasteiger partial charge >= 0.3 is 0 Å². The molecule has 0 spiro atoms. The number of rotatable bonds is 2. The maximum Gasteiger partial charge on any atom is 0.230 e. The van der Waals surface area contributed by atoms with E-state index in [0.29, 0.717) is 0 Å². The van der Waals surface area contributed by atoms with Gasteiger partial charge in [0.1, 0.15) is 0 Å². The maximum atomic E-state index is 12.6. The summed E-state index contributed by atoms with van der Waals surface area (Å²) in [6.45, 7) is 3.83. The molecule has 110 valence electrons. The first kappa shape index (κ1) is 14.5. The molecule has 2 N–H and O–H groups in total. The molecule has 2 heterocycles. The van der Waals surface area contributed by atoms with Gasteiger partial charge in [0.05, 0.1) is 11.2 Å². The molecule has 0 unspecified atom stereocenters. The van der Waals surface area contributed by atoms with Crippen LogP contribution in [-0.2, 0) is 4.79 Å². The second-order valence-corrected chi connectivity index (χ2v) is 6.71. The number of pyridine rings is 1. The number of aromatic nitrogens is 1. The standard InChI is InChI=1S/C16H18BrN3O/c1-16(5-7-18-8-6-16)15(21)20-13-4-2-3-11-9-12(17)10-19-14(11)13/h2-4,9-10,18H,5-8H2,1H3,(H,20,21). The summed E-state index contributed by atoms with van der Waals surface area (Å²) < 4.78 is 0.934. The smallest absolute Gasteiger partial charge is 0.230 e. The van der Waals surface area contributed by atoms with E-state index in [9.17, 15) is 4.79 Å². The number of amides is 1. The van der Waals surface area contributed by atoms with Gasteiger partial charge in [-0.25, -0.2) is 0 Å². The lowest BCUT2D eigenvalue weighted by Gasteiger charge is -2.32. The van der Waals surface area contributed by atoms with Crippen molar-refractivity contribution < 1.29 is 4.79 Å². The number of fused-ring (bicyclic) bond motifs is 1. The molecule has 1 fully saturated rings. The first-order chi connectivity index (χ1) is 10.1. The number of halogens is 1. The number of para-hydroxylation sites is 1. The van der Waals surface area contributed by atoms with E-state index in [-0.39, 0.29) is 11.3 Å². The fourth-order valence-electron chi connectivity index (χ4n) is 2.71. The van der Waals surface area contributed by atoms with Crippen LogP contribution in [0, 0.1) is 5.41 Å². The molecule has 0 aliphatic carbocycles. The molecule has 5 heteroatoms. The van der Waals surface area contributed by atoms with Crippen LogP contribution in [-0.4, -0.2) is 24.0 Å². The molecule has 0 saturated carbocycles.